The number of carbonyl (C=O) groups is 1. The molecule has 1 saturated heterocycles. The van der Waals surface area contributed by atoms with Crippen molar-refractivity contribution in [3.63, 3.8) is 0 Å². The highest BCUT2D eigenvalue weighted by atomic mass is 32.2. The molecule has 1 aromatic carbocycles. The lowest BCUT2D eigenvalue weighted by Gasteiger charge is -2.33. The van der Waals surface area contributed by atoms with E-state index in [1.165, 1.54) is 23.1 Å². The number of carbonyl (C=O) groups excluding carboxylic acids is 1. The molecule has 0 bridgehead atoms. The topological polar surface area (TPSA) is 113 Å². The van der Waals surface area contributed by atoms with Crippen LogP contribution in [0, 0.1) is 0 Å². The second-order valence-corrected chi connectivity index (χ2v) is 7.11. The number of anilines is 1. The molecule has 2 rings (SSSR count). The van der Waals surface area contributed by atoms with Crippen LogP contribution in [0.2, 0.25) is 0 Å². The van der Waals surface area contributed by atoms with Crippen LogP contribution in [0.4, 0.5) is 18.9 Å². The maximum atomic E-state index is 12.4. The van der Waals surface area contributed by atoms with Crippen LogP contribution in [0.5, 0.6) is 5.75 Å². The van der Waals surface area contributed by atoms with Gasteiger partial charge in [0.05, 0.1) is 11.3 Å². The third-order valence-corrected chi connectivity index (χ3v) is 4.89. The van der Waals surface area contributed by atoms with Gasteiger partial charge in [0.2, 0.25) is 0 Å². The van der Waals surface area contributed by atoms with Crippen LogP contribution < -0.4 is 10.5 Å². The summed E-state index contributed by atoms with van der Waals surface area (Å²) in [6, 6.07) is 3.12. The van der Waals surface area contributed by atoms with E-state index < -0.39 is 33.2 Å². The molecule has 24 heavy (non-hydrogen) atoms. The molecule has 0 saturated carbocycles. The molecule has 1 amide bonds. The molecule has 1 fully saturated rings. The molecule has 1 atom stereocenters. The highest BCUT2D eigenvalue weighted by Crippen LogP contribution is 2.27. The number of phenols is 1. The van der Waals surface area contributed by atoms with Gasteiger partial charge in [0.15, 0.2) is 5.75 Å². The van der Waals surface area contributed by atoms with Gasteiger partial charge in [-0.15, -0.1) is 0 Å². The van der Waals surface area contributed by atoms with E-state index in [-0.39, 0.29) is 30.8 Å². The van der Waals surface area contributed by atoms with E-state index >= 15 is 0 Å². The van der Waals surface area contributed by atoms with Gasteiger partial charge in [-0.1, -0.05) is 6.07 Å². The van der Waals surface area contributed by atoms with Crippen molar-refractivity contribution in [2.24, 2.45) is 0 Å². The Balaban J connectivity index is 2.14. The van der Waals surface area contributed by atoms with Crippen LogP contribution in [-0.2, 0) is 10.0 Å². The van der Waals surface area contributed by atoms with E-state index in [0.717, 1.165) is 0 Å². The van der Waals surface area contributed by atoms with Gasteiger partial charge in [-0.05, 0) is 25.0 Å². The number of hydrogen-bond donors (Lipinski definition) is 3. The van der Waals surface area contributed by atoms with E-state index in [1.807, 2.05) is 0 Å². The summed E-state index contributed by atoms with van der Waals surface area (Å²) in [6.07, 6.45) is 0.488. The Hall–Kier alpha value is -2.01. The van der Waals surface area contributed by atoms with Crippen LogP contribution in [0.1, 0.15) is 23.2 Å². The number of phenolic OH excluding ortho intramolecular Hbond substituents is 1. The lowest BCUT2D eigenvalue weighted by atomic mass is 10.0. The fourth-order valence-corrected chi connectivity index (χ4v) is 3.21. The SMILES string of the molecule is Nc1cccc(C(=O)N2CCCC(NS(=O)(=O)C(F)(F)F)C2)c1O. The molecule has 0 aliphatic carbocycles. The molecule has 134 valence electrons. The Kier molecular flexibility index (Phi) is 4.95. The molecule has 1 aliphatic rings. The van der Waals surface area contributed by atoms with E-state index in [1.54, 1.807) is 4.72 Å². The monoisotopic (exact) mass is 367 g/mol. The normalized spacial score (nSPS) is 19.3. The first-order valence-corrected chi connectivity index (χ1v) is 8.46. The summed E-state index contributed by atoms with van der Waals surface area (Å²) in [5, 5.41) is 9.82. The highest BCUT2D eigenvalue weighted by molar-refractivity contribution is 7.90. The summed E-state index contributed by atoms with van der Waals surface area (Å²) < 4.78 is 61.2. The average Bonchev–Trinajstić information content (AvgIpc) is 2.48. The number of para-hydroxylation sites is 1. The van der Waals surface area contributed by atoms with Gasteiger partial charge in [-0.25, -0.2) is 13.1 Å². The molecule has 11 heteroatoms. The van der Waals surface area contributed by atoms with Crippen molar-refractivity contribution in [2.75, 3.05) is 18.8 Å². The average molecular weight is 367 g/mol. The van der Waals surface area contributed by atoms with Gasteiger partial charge < -0.3 is 15.7 Å². The van der Waals surface area contributed by atoms with Crippen LogP contribution in [-0.4, -0.2) is 49.0 Å². The molecular formula is C13H16F3N3O4S. The fraction of sp³-hybridized carbons (Fsp3) is 0.462. The predicted octanol–water partition coefficient (Wildman–Crippen LogP) is 1.02. The summed E-state index contributed by atoms with van der Waals surface area (Å²) in [5.74, 6) is -1.05. The smallest absolute Gasteiger partial charge is 0.505 e. The third-order valence-electron chi connectivity index (χ3n) is 3.63. The summed E-state index contributed by atoms with van der Waals surface area (Å²) in [5.41, 5.74) is 0.00190. The Bertz CT molecular complexity index is 736. The van der Waals surface area contributed by atoms with Gasteiger partial charge in [0.25, 0.3) is 5.91 Å². The number of rotatable bonds is 3. The summed E-state index contributed by atoms with van der Waals surface area (Å²) in [7, 11) is -5.48. The first kappa shape index (κ1) is 18.3. The summed E-state index contributed by atoms with van der Waals surface area (Å²) in [4.78, 5) is 13.6. The van der Waals surface area contributed by atoms with Crippen LogP contribution in [0.3, 0.4) is 0 Å². The molecule has 1 aliphatic heterocycles. The largest absolute Gasteiger partial charge is 0.511 e. The van der Waals surface area contributed by atoms with Crippen molar-refractivity contribution in [1.82, 2.24) is 9.62 Å². The van der Waals surface area contributed by atoms with E-state index in [0.29, 0.717) is 6.42 Å². The summed E-state index contributed by atoms with van der Waals surface area (Å²) >= 11 is 0. The second-order valence-electron chi connectivity index (χ2n) is 5.40. The Morgan fingerprint density at radius 1 is 1.38 bits per heavy atom. The highest BCUT2D eigenvalue weighted by Gasteiger charge is 2.47. The summed E-state index contributed by atoms with van der Waals surface area (Å²) in [6.45, 7) is -0.000297. The lowest BCUT2D eigenvalue weighted by molar-refractivity contribution is -0.0452. The fourth-order valence-electron chi connectivity index (χ4n) is 2.45. The van der Waals surface area contributed by atoms with E-state index in [4.69, 9.17) is 5.73 Å². The van der Waals surface area contributed by atoms with E-state index in [2.05, 4.69) is 0 Å². The minimum atomic E-state index is -5.48. The number of nitrogens with two attached hydrogens (primary N) is 1. The molecule has 1 heterocycles. The molecular weight excluding hydrogens is 351 g/mol. The number of nitrogens with zero attached hydrogens (tertiary/aromatic N) is 1. The number of benzene rings is 1. The maximum Gasteiger partial charge on any atom is 0.511 e. The zero-order valence-electron chi connectivity index (χ0n) is 12.4. The molecule has 0 radical (unpaired) electrons. The maximum absolute atomic E-state index is 12.4. The number of nitrogens with one attached hydrogen (secondary N) is 1. The zero-order chi connectivity index (χ0) is 18.1. The van der Waals surface area contributed by atoms with Gasteiger partial charge in [0, 0.05) is 19.1 Å². The first-order valence-electron chi connectivity index (χ1n) is 6.98. The number of sulfonamides is 1. The molecule has 0 spiro atoms. The molecule has 4 N–H and O–H groups in total. The van der Waals surface area contributed by atoms with Gasteiger partial charge in [-0.2, -0.15) is 13.2 Å². The van der Waals surface area contributed by atoms with Crippen molar-refractivity contribution in [1.29, 1.82) is 0 Å². The number of nitrogen functional groups attached to an aromatic ring is 1. The molecule has 0 aromatic heterocycles. The van der Waals surface area contributed by atoms with Crippen molar-refractivity contribution in [2.45, 2.75) is 24.4 Å². The lowest BCUT2D eigenvalue weighted by Crippen LogP contribution is -2.52. The third kappa shape index (κ3) is 3.73. The molecule has 1 unspecified atom stereocenters. The number of piperidine rings is 1. The second kappa shape index (κ2) is 6.48. The minimum Gasteiger partial charge on any atom is -0.505 e. The number of alkyl halides is 3. The predicted molar refractivity (Wildman–Crippen MR) is 79.6 cm³/mol. The standard InChI is InChI=1S/C13H16F3N3O4S/c14-13(15,16)24(22,23)18-8-3-2-6-19(7-8)12(21)9-4-1-5-10(17)11(9)20/h1,4-5,8,18,20H,2-3,6-7,17H2. The van der Waals surface area contributed by atoms with Crippen LogP contribution in [0.25, 0.3) is 0 Å². The molecule has 7 nitrogen and oxygen atoms in total. The number of amides is 1. The Morgan fingerprint density at radius 3 is 2.67 bits per heavy atom. The number of hydrogen-bond acceptors (Lipinski definition) is 5. The first-order chi connectivity index (χ1) is 11.0. The van der Waals surface area contributed by atoms with E-state index in [9.17, 15) is 31.5 Å². The van der Waals surface area contributed by atoms with Gasteiger partial charge >= 0.3 is 15.5 Å². The number of likely N-dealkylation sites (tertiary alicyclic amines) is 1. The number of aromatic hydroxyl groups is 1. The minimum absolute atomic E-state index is 0.00724. The Morgan fingerprint density at radius 2 is 2.04 bits per heavy atom. The van der Waals surface area contributed by atoms with Crippen molar-refractivity contribution < 1.29 is 31.5 Å². The Labute approximate surface area is 136 Å². The van der Waals surface area contributed by atoms with Crippen LogP contribution in [0.15, 0.2) is 18.2 Å². The van der Waals surface area contributed by atoms with Gasteiger partial charge in [0.1, 0.15) is 0 Å². The van der Waals surface area contributed by atoms with Crippen molar-refractivity contribution >= 4 is 21.6 Å². The van der Waals surface area contributed by atoms with Crippen molar-refractivity contribution in [3.8, 4) is 5.75 Å². The number of halogens is 3. The van der Waals surface area contributed by atoms with Crippen LogP contribution >= 0.6 is 0 Å². The molecule has 1 aromatic rings. The van der Waals surface area contributed by atoms with Gasteiger partial charge in [-0.3, -0.25) is 4.79 Å². The zero-order valence-corrected chi connectivity index (χ0v) is 13.2. The quantitative estimate of drug-likeness (QED) is 0.545. The van der Waals surface area contributed by atoms with Crippen molar-refractivity contribution in [3.05, 3.63) is 23.8 Å².